The molecular weight excluding hydrogens is 204 g/mol. The molecule has 0 bridgehead atoms. The Bertz CT molecular complexity index is 248. The fraction of sp³-hybridized carbons (Fsp3) is 0.538. The molecule has 3 nitrogen and oxygen atoms in total. The molecule has 0 unspecified atom stereocenters. The predicted octanol–water partition coefficient (Wildman–Crippen LogP) is 4.30. The molecular formula is C13H22O3. The van der Waals surface area contributed by atoms with Crippen LogP contribution in [0.15, 0.2) is 36.0 Å². The summed E-state index contributed by atoms with van der Waals surface area (Å²) in [7, 11) is 0. The van der Waals surface area contributed by atoms with Crippen molar-refractivity contribution >= 4 is 0 Å². The molecule has 0 saturated carbocycles. The van der Waals surface area contributed by atoms with Crippen LogP contribution in [0.25, 0.3) is 0 Å². The van der Waals surface area contributed by atoms with E-state index in [1.165, 1.54) is 38.2 Å². The van der Waals surface area contributed by atoms with Gasteiger partial charge in [0.15, 0.2) is 5.76 Å². The molecule has 0 aromatic carbocycles. The van der Waals surface area contributed by atoms with E-state index in [1.54, 1.807) is 12.2 Å². The molecule has 0 amide bonds. The van der Waals surface area contributed by atoms with E-state index < -0.39 is 11.7 Å². The summed E-state index contributed by atoms with van der Waals surface area (Å²) in [5, 5.41) is 25.8. The van der Waals surface area contributed by atoms with E-state index in [0.717, 1.165) is 6.42 Å². The molecule has 0 saturated heterocycles. The van der Waals surface area contributed by atoms with Gasteiger partial charge in [-0.2, -0.15) is 0 Å². The summed E-state index contributed by atoms with van der Waals surface area (Å²) >= 11 is 0. The van der Waals surface area contributed by atoms with Crippen LogP contribution in [0.2, 0.25) is 0 Å². The minimum Gasteiger partial charge on any atom is -0.502 e. The molecule has 0 atom stereocenters. The van der Waals surface area contributed by atoms with E-state index in [2.05, 4.69) is 6.92 Å². The topological polar surface area (TPSA) is 60.7 Å². The van der Waals surface area contributed by atoms with Gasteiger partial charge in [0.1, 0.15) is 0 Å². The minimum atomic E-state index is -1.05. The van der Waals surface area contributed by atoms with Gasteiger partial charge in [-0.05, 0) is 18.9 Å². The van der Waals surface area contributed by atoms with Crippen molar-refractivity contribution in [1.29, 1.82) is 0 Å². The molecule has 0 heterocycles. The van der Waals surface area contributed by atoms with Crippen molar-refractivity contribution in [3.8, 4) is 0 Å². The smallest absolute Gasteiger partial charge is 0.318 e. The van der Waals surface area contributed by atoms with E-state index in [4.69, 9.17) is 15.3 Å². The number of aliphatic hydroxyl groups excluding tert-OH is 2. The standard InChI is InChI=1S/C13H22O3/c1-2-3-4-5-6-7-8-9-10-11-12(14)13(15)16/h8-11,14-16H,2-7H2,1H3. The predicted molar refractivity (Wildman–Crippen MR) is 66.6 cm³/mol. The first-order chi connectivity index (χ1) is 7.68. The van der Waals surface area contributed by atoms with Crippen LogP contribution < -0.4 is 0 Å². The lowest BCUT2D eigenvalue weighted by Gasteiger charge is -1.95. The Balaban J connectivity index is 3.52. The van der Waals surface area contributed by atoms with Crippen LogP contribution >= 0.6 is 0 Å². The lowest BCUT2D eigenvalue weighted by molar-refractivity contribution is 0.163. The maximum Gasteiger partial charge on any atom is 0.318 e. The summed E-state index contributed by atoms with van der Waals surface area (Å²) in [5.74, 6) is -1.57. The zero-order valence-corrected chi connectivity index (χ0v) is 9.89. The SMILES string of the molecule is CCCCCCCC=CC=CC(O)=C(O)O. The fourth-order valence-corrected chi connectivity index (χ4v) is 1.26. The number of aliphatic hydroxyl groups is 3. The number of rotatable bonds is 8. The molecule has 0 radical (unpaired) electrons. The van der Waals surface area contributed by atoms with Crippen LogP contribution in [-0.2, 0) is 0 Å². The molecule has 16 heavy (non-hydrogen) atoms. The van der Waals surface area contributed by atoms with Gasteiger partial charge in [0.2, 0.25) is 0 Å². The van der Waals surface area contributed by atoms with Crippen LogP contribution in [0.4, 0.5) is 0 Å². The van der Waals surface area contributed by atoms with Crippen molar-refractivity contribution in [1.82, 2.24) is 0 Å². The minimum absolute atomic E-state index is 0.521. The van der Waals surface area contributed by atoms with Gasteiger partial charge in [-0.3, -0.25) is 0 Å². The zero-order valence-electron chi connectivity index (χ0n) is 9.89. The fourth-order valence-electron chi connectivity index (χ4n) is 1.26. The molecule has 0 aromatic heterocycles. The first-order valence-electron chi connectivity index (χ1n) is 5.82. The van der Waals surface area contributed by atoms with E-state index in [9.17, 15) is 0 Å². The Kier molecular flexibility index (Phi) is 9.27. The summed E-state index contributed by atoms with van der Waals surface area (Å²) in [6, 6.07) is 0. The second kappa shape index (κ2) is 10.1. The first-order valence-corrected chi connectivity index (χ1v) is 5.82. The second-order valence-electron chi connectivity index (χ2n) is 3.70. The highest BCUT2D eigenvalue weighted by atomic mass is 16.5. The summed E-state index contributed by atoms with van der Waals surface area (Å²) in [6.45, 7) is 2.20. The summed E-state index contributed by atoms with van der Waals surface area (Å²) in [4.78, 5) is 0. The van der Waals surface area contributed by atoms with Gasteiger partial charge in [0, 0.05) is 0 Å². The maximum absolute atomic E-state index is 8.89. The monoisotopic (exact) mass is 226 g/mol. The quantitative estimate of drug-likeness (QED) is 0.328. The molecule has 0 rings (SSSR count). The third-order valence-corrected chi connectivity index (χ3v) is 2.20. The average Bonchev–Trinajstić information content (AvgIpc) is 2.26. The number of allylic oxidation sites excluding steroid dienone is 4. The third-order valence-electron chi connectivity index (χ3n) is 2.20. The molecule has 3 N–H and O–H groups in total. The lowest BCUT2D eigenvalue weighted by atomic mass is 10.1. The van der Waals surface area contributed by atoms with Gasteiger partial charge >= 0.3 is 5.95 Å². The second-order valence-corrected chi connectivity index (χ2v) is 3.70. The van der Waals surface area contributed by atoms with Gasteiger partial charge in [-0.15, -0.1) is 0 Å². The Morgan fingerprint density at radius 2 is 1.62 bits per heavy atom. The van der Waals surface area contributed by atoms with Gasteiger partial charge in [-0.1, -0.05) is 50.8 Å². The van der Waals surface area contributed by atoms with Gasteiger partial charge < -0.3 is 15.3 Å². The molecule has 0 aliphatic carbocycles. The Morgan fingerprint density at radius 3 is 2.25 bits per heavy atom. The first kappa shape index (κ1) is 14.6. The summed E-state index contributed by atoms with van der Waals surface area (Å²) < 4.78 is 0. The van der Waals surface area contributed by atoms with Gasteiger partial charge in [-0.25, -0.2) is 0 Å². The largest absolute Gasteiger partial charge is 0.502 e. The van der Waals surface area contributed by atoms with Crippen LogP contribution in [0.1, 0.15) is 45.4 Å². The molecule has 0 aromatic rings. The Morgan fingerprint density at radius 1 is 0.938 bits per heavy atom. The van der Waals surface area contributed by atoms with Crippen molar-refractivity contribution in [2.24, 2.45) is 0 Å². The van der Waals surface area contributed by atoms with Crippen LogP contribution in [0.5, 0.6) is 0 Å². The normalized spacial score (nSPS) is 11.3. The van der Waals surface area contributed by atoms with Crippen LogP contribution in [0.3, 0.4) is 0 Å². The van der Waals surface area contributed by atoms with E-state index in [-0.39, 0.29) is 0 Å². The lowest BCUT2D eigenvalue weighted by Crippen LogP contribution is -1.83. The maximum atomic E-state index is 8.89. The van der Waals surface area contributed by atoms with Crippen molar-refractivity contribution < 1.29 is 15.3 Å². The van der Waals surface area contributed by atoms with Crippen LogP contribution in [-0.4, -0.2) is 15.3 Å². The highest BCUT2D eigenvalue weighted by Crippen LogP contribution is 2.05. The van der Waals surface area contributed by atoms with Crippen molar-refractivity contribution in [3.05, 3.63) is 36.0 Å². The van der Waals surface area contributed by atoms with Crippen molar-refractivity contribution in [2.45, 2.75) is 45.4 Å². The zero-order chi connectivity index (χ0) is 12.2. The van der Waals surface area contributed by atoms with Crippen molar-refractivity contribution in [2.75, 3.05) is 0 Å². The van der Waals surface area contributed by atoms with Gasteiger partial charge in [0.25, 0.3) is 0 Å². The van der Waals surface area contributed by atoms with E-state index >= 15 is 0 Å². The van der Waals surface area contributed by atoms with Crippen molar-refractivity contribution in [3.63, 3.8) is 0 Å². The highest BCUT2D eigenvalue weighted by molar-refractivity contribution is 5.15. The van der Waals surface area contributed by atoms with E-state index in [0.29, 0.717) is 0 Å². The van der Waals surface area contributed by atoms with Crippen LogP contribution in [0, 0.1) is 0 Å². The third kappa shape index (κ3) is 9.19. The Labute approximate surface area is 97.4 Å². The number of hydrogen-bond acceptors (Lipinski definition) is 3. The molecule has 3 heteroatoms. The molecule has 0 aliphatic heterocycles. The number of unbranched alkanes of at least 4 members (excludes halogenated alkanes) is 5. The highest BCUT2D eigenvalue weighted by Gasteiger charge is 1.92. The molecule has 0 aliphatic rings. The molecule has 0 spiro atoms. The summed E-state index contributed by atoms with van der Waals surface area (Å²) in [6.07, 6.45) is 13.9. The van der Waals surface area contributed by atoms with E-state index in [1.807, 2.05) is 6.08 Å². The summed E-state index contributed by atoms with van der Waals surface area (Å²) in [5.41, 5.74) is 0. The van der Waals surface area contributed by atoms with Gasteiger partial charge in [0.05, 0.1) is 0 Å². The molecule has 0 fully saturated rings. The molecule has 92 valence electrons. The average molecular weight is 226 g/mol. The Hall–Kier alpha value is -1.38. The number of hydrogen-bond donors (Lipinski definition) is 3.